The lowest BCUT2D eigenvalue weighted by Gasteiger charge is -2.08. The van der Waals surface area contributed by atoms with Gasteiger partial charge >= 0.3 is 5.97 Å². The number of carbonyl (C=O) groups excluding carboxylic acids is 1. The van der Waals surface area contributed by atoms with Gasteiger partial charge in [0.1, 0.15) is 11.6 Å². The van der Waals surface area contributed by atoms with Crippen molar-refractivity contribution in [1.29, 1.82) is 0 Å². The van der Waals surface area contributed by atoms with E-state index in [1.807, 2.05) is 0 Å². The molecule has 1 aliphatic carbocycles. The maximum atomic E-state index is 13.9. The summed E-state index contributed by atoms with van der Waals surface area (Å²) >= 11 is 0.992. The van der Waals surface area contributed by atoms with E-state index in [4.69, 9.17) is 0 Å². The van der Waals surface area contributed by atoms with Gasteiger partial charge in [0.2, 0.25) is 0 Å². The first kappa shape index (κ1) is 15.3. The van der Waals surface area contributed by atoms with Crippen molar-refractivity contribution in [2.75, 3.05) is 12.9 Å². The summed E-state index contributed by atoms with van der Waals surface area (Å²) in [6.07, 6.45) is 2.39. The van der Waals surface area contributed by atoms with Gasteiger partial charge in [-0.15, -0.1) is 11.8 Å². The number of carbonyl (C=O) groups is 1. The van der Waals surface area contributed by atoms with E-state index in [0.29, 0.717) is 23.9 Å². The number of esters is 1. The topological polar surface area (TPSA) is 38.3 Å². The zero-order valence-corrected chi connectivity index (χ0v) is 12.1. The molecule has 3 nitrogen and oxygen atoms in total. The lowest BCUT2D eigenvalue weighted by molar-refractivity contribution is -0.140. The van der Waals surface area contributed by atoms with Crippen LogP contribution in [-0.4, -0.2) is 24.9 Å². The van der Waals surface area contributed by atoms with Crippen LogP contribution in [-0.2, 0) is 16.1 Å². The molecule has 0 aromatic heterocycles. The standard InChI is InChI=1S/C14H17F2NO2S/c1-19-13(18)4-5-20-14-11(15)6-9(7-12(14)16)8-17-10-2-3-10/h6-7,10,17H,2-5,8H2,1H3. The van der Waals surface area contributed by atoms with E-state index in [1.165, 1.54) is 19.2 Å². The first-order valence-electron chi connectivity index (χ1n) is 6.51. The minimum absolute atomic E-state index is 0.0379. The average molecular weight is 301 g/mol. The molecule has 0 bridgehead atoms. The molecule has 0 spiro atoms. The summed E-state index contributed by atoms with van der Waals surface area (Å²) in [5.74, 6) is -1.25. The molecule has 20 heavy (non-hydrogen) atoms. The Morgan fingerprint density at radius 2 is 2.05 bits per heavy atom. The maximum Gasteiger partial charge on any atom is 0.306 e. The second-order valence-electron chi connectivity index (χ2n) is 4.72. The summed E-state index contributed by atoms with van der Waals surface area (Å²) in [6.45, 7) is 0.478. The maximum absolute atomic E-state index is 13.9. The van der Waals surface area contributed by atoms with Crippen molar-refractivity contribution in [3.8, 4) is 0 Å². The van der Waals surface area contributed by atoms with Gasteiger partial charge in [-0.25, -0.2) is 8.78 Å². The summed E-state index contributed by atoms with van der Waals surface area (Å²) in [7, 11) is 1.29. The molecule has 0 amide bonds. The van der Waals surface area contributed by atoms with Gasteiger partial charge in [0.25, 0.3) is 0 Å². The normalized spacial score (nSPS) is 14.3. The van der Waals surface area contributed by atoms with Crippen molar-refractivity contribution in [1.82, 2.24) is 5.32 Å². The Kier molecular flexibility index (Phi) is 5.37. The number of hydrogen-bond acceptors (Lipinski definition) is 4. The SMILES string of the molecule is COC(=O)CCSc1c(F)cc(CNC2CC2)cc1F. The number of ether oxygens (including phenoxy) is 1. The van der Waals surface area contributed by atoms with Crippen LogP contribution in [0.15, 0.2) is 17.0 Å². The second-order valence-corrected chi connectivity index (χ2v) is 5.82. The Hall–Kier alpha value is -1.14. The Labute approximate surface area is 121 Å². The van der Waals surface area contributed by atoms with Gasteiger partial charge in [-0.05, 0) is 30.5 Å². The van der Waals surface area contributed by atoms with Gasteiger partial charge in [-0.3, -0.25) is 4.79 Å². The van der Waals surface area contributed by atoms with E-state index in [-0.39, 0.29) is 17.3 Å². The summed E-state index contributed by atoms with van der Waals surface area (Å²) in [6, 6.07) is 3.19. The summed E-state index contributed by atoms with van der Waals surface area (Å²) in [5.41, 5.74) is 0.601. The average Bonchev–Trinajstić information content (AvgIpc) is 3.23. The fraction of sp³-hybridized carbons (Fsp3) is 0.500. The van der Waals surface area contributed by atoms with Crippen LogP contribution in [0.2, 0.25) is 0 Å². The highest BCUT2D eigenvalue weighted by Gasteiger charge is 2.20. The van der Waals surface area contributed by atoms with Crippen LogP contribution in [0, 0.1) is 11.6 Å². The molecule has 0 saturated heterocycles. The van der Waals surface area contributed by atoms with Gasteiger partial charge < -0.3 is 10.1 Å². The van der Waals surface area contributed by atoms with Crippen LogP contribution < -0.4 is 5.32 Å². The highest BCUT2D eigenvalue weighted by atomic mass is 32.2. The lowest BCUT2D eigenvalue weighted by atomic mass is 10.2. The van der Waals surface area contributed by atoms with Crippen molar-refractivity contribution in [2.24, 2.45) is 0 Å². The monoisotopic (exact) mass is 301 g/mol. The van der Waals surface area contributed by atoms with Gasteiger partial charge in [0.15, 0.2) is 0 Å². The molecule has 1 saturated carbocycles. The highest BCUT2D eigenvalue weighted by Crippen LogP contribution is 2.27. The van der Waals surface area contributed by atoms with Crippen molar-refractivity contribution < 1.29 is 18.3 Å². The third-order valence-corrected chi connectivity index (χ3v) is 4.10. The molecule has 2 rings (SSSR count). The molecule has 1 aliphatic rings. The number of nitrogens with one attached hydrogen (secondary N) is 1. The predicted octanol–water partition coefficient (Wildman–Crippen LogP) is 2.87. The van der Waals surface area contributed by atoms with E-state index < -0.39 is 11.6 Å². The van der Waals surface area contributed by atoms with E-state index in [9.17, 15) is 13.6 Å². The smallest absolute Gasteiger partial charge is 0.306 e. The Balaban J connectivity index is 1.92. The van der Waals surface area contributed by atoms with E-state index in [1.54, 1.807) is 0 Å². The fourth-order valence-corrected chi connectivity index (χ4v) is 2.61. The fourth-order valence-electron chi connectivity index (χ4n) is 1.74. The molecule has 6 heteroatoms. The van der Waals surface area contributed by atoms with Crippen LogP contribution >= 0.6 is 11.8 Å². The summed E-state index contributed by atoms with van der Waals surface area (Å²) in [5, 5.41) is 3.21. The number of benzene rings is 1. The Morgan fingerprint density at radius 3 is 2.60 bits per heavy atom. The van der Waals surface area contributed by atoms with E-state index in [2.05, 4.69) is 10.1 Å². The van der Waals surface area contributed by atoms with Gasteiger partial charge in [-0.1, -0.05) is 0 Å². The van der Waals surface area contributed by atoms with Gasteiger partial charge in [0.05, 0.1) is 18.4 Å². The largest absolute Gasteiger partial charge is 0.469 e. The van der Waals surface area contributed by atoms with E-state index >= 15 is 0 Å². The number of methoxy groups -OCH3 is 1. The van der Waals surface area contributed by atoms with E-state index in [0.717, 1.165) is 24.6 Å². The molecular weight excluding hydrogens is 284 g/mol. The van der Waals surface area contributed by atoms with Crippen LogP contribution in [0.5, 0.6) is 0 Å². The molecule has 0 heterocycles. The molecule has 1 fully saturated rings. The van der Waals surface area contributed by atoms with Gasteiger partial charge in [-0.2, -0.15) is 0 Å². The van der Waals surface area contributed by atoms with Crippen molar-refractivity contribution >= 4 is 17.7 Å². The third-order valence-electron chi connectivity index (χ3n) is 3.01. The third kappa shape index (κ3) is 4.45. The Morgan fingerprint density at radius 1 is 1.40 bits per heavy atom. The first-order valence-corrected chi connectivity index (χ1v) is 7.49. The predicted molar refractivity (Wildman–Crippen MR) is 73.6 cm³/mol. The molecule has 1 aromatic carbocycles. The second kappa shape index (κ2) is 7.04. The molecule has 110 valence electrons. The molecule has 1 N–H and O–H groups in total. The first-order chi connectivity index (χ1) is 9.60. The molecular formula is C14H17F2NO2S. The molecule has 0 atom stereocenters. The highest BCUT2D eigenvalue weighted by molar-refractivity contribution is 7.99. The minimum atomic E-state index is -0.576. The van der Waals surface area contributed by atoms with Crippen LogP contribution in [0.4, 0.5) is 8.78 Å². The molecule has 0 radical (unpaired) electrons. The molecule has 0 unspecified atom stereocenters. The lowest BCUT2D eigenvalue weighted by Crippen LogP contribution is -2.15. The number of thioether (sulfide) groups is 1. The van der Waals surface area contributed by atoms with Crippen molar-refractivity contribution in [3.63, 3.8) is 0 Å². The summed E-state index contributed by atoms with van der Waals surface area (Å²) < 4.78 is 32.2. The molecule has 0 aliphatic heterocycles. The number of halogens is 2. The Bertz CT molecular complexity index is 469. The summed E-state index contributed by atoms with van der Waals surface area (Å²) in [4.78, 5) is 10.9. The van der Waals surface area contributed by atoms with Crippen molar-refractivity contribution in [3.05, 3.63) is 29.3 Å². The van der Waals surface area contributed by atoms with Gasteiger partial charge in [0, 0.05) is 18.3 Å². The number of hydrogen-bond donors (Lipinski definition) is 1. The van der Waals surface area contributed by atoms with Crippen LogP contribution in [0.1, 0.15) is 24.8 Å². The molecule has 1 aromatic rings. The van der Waals surface area contributed by atoms with Crippen molar-refractivity contribution in [2.45, 2.75) is 36.7 Å². The van der Waals surface area contributed by atoms with Crippen LogP contribution in [0.3, 0.4) is 0 Å². The quantitative estimate of drug-likeness (QED) is 0.621. The van der Waals surface area contributed by atoms with Crippen LogP contribution in [0.25, 0.3) is 0 Å². The zero-order valence-electron chi connectivity index (χ0n) is 11.2. The minimum Gasteiger partial charge on any atom is -0.469 e. The number of rotatable bonds is 7. The zero-order chi connectivity index (χ0) is 14.5.